The highest BCUT2D eigenvalue weighted by molar-refractivity contribution is 5.83. The number of hydrogen-bond donors (Lipinski definition) is 2. The fourth-order valence-electron chi connectivity index (χ4n) is 0.761. The minimum absolute atomic E-state index is 0.133. The van der Waals surface area contributed by atoms with Crippen molar-refractivity contribution in [2.45, 2.75) is 32.2 Å². The Hall–Kier alpha value is -0.410. The molecule has 0 aliphatic heterocycles. The zero-order valence-corrected chi connectivity index (χ0v) is 6.47. The number of carbonyl (C=O) groups is 1. The van der Waals surface area contributed by atoms with Gasteiger partial charge in [-0.2, -0.15) is 0 Å². The van der Waals surface area contributed by atoms with E-state index in [4.69, 9.17) is 11.5 Å². The molecule has 0 rings (SSSR count). The van der Waals surface area contributed by atoms with Gasteiger partial charge in [-0.15, -0.1) is 0 Å². The van der Waals surface area contributed by atoms with Crippen LogP contribution in [0.1, 0.15) is 26.2 Å². The van der Waals surface area contributed by atoms with Crippen LogP contribution in [0.3, 0.4) is 0 Å². The summed E-state index contributed by atoms with van der Waals surface area (Å²) in [6.45, 7) is 2.44. The minimum atomic E-state index is -0.284. The molecule has 0 aromatic carbocycles. The van der Waals surface area contributed by atoms with Gasteiger partial charge in [-0.25, -0.2) is 0 Å². The summed E-state index contributed by atoms with van der Waals surface area (Å²) in [4.78, 5) is 10.9. The Labute approximate surface area is 61.8 Å². The first-order chi connectivity index (χ1) is 4.72. The molecule has 0 fully saturated rings. The summed E-state index contributed by atoms with van der Waals surface area (Å²) in [6, 6.07) is -0.284. The van der Waals surface area contributed by atoms with Crippen molar-refractivity contribution < 1.29 is 4.79 Å². The predicted molar refractivity (Wildman–Crippen MR) is 41.6 cm³/mol. The van der Waals surface area contributed by atoms with E-state index in [1.165, 1.54) is 0 Å². The lowest BCUT2D eigenvalue weighted by Gasteiger charge is -2.06. The third-order valence-electron chi connectivity index (χ3n) is 1.48. The highest BCUT2D eigenvalue weighted by Crippen LogP contribution is 1.96. The maximum Gasteiger partial charge on any atom is 0.149 e. The molecule has 1 atom stereocenters. The molecule has 0 aromatic rings. The Bertz CT molecular complexity index is 104. The van der Waals surface area contributed by atoms with Gasteiger partial charge in [0.2, 0.25) is 0 Å². The molecular weight excluding hydrogens is 128 g/mol. The Kier molecular flexibility index (Phi) is 5.16. The lowest BCUT2D eigenvalue weighted by Crippen LogP contribution is -2.30. The molecule has 0 saturated heterocycles. The van der Waals surface area contributed by atoms with Crippen LogP contribution < -0.4 is 11.5 Å². The standard InChI is InChI=1S/C7H16N2O/c1-2-7(10)6(9)4-3-5-8/h6H,2-5,8-9H2,1H3/t6-/m1/s1. The van der Waals surface area contributed by atoms with Crippen molar-refractivity contribution >= 4 is 5.78 Å². The van der Waals surface area contributed by atoms with Gasteiger partial charge in [-0.1, -0.05) is 6.92 Å². The van der Waals surface area contributed by atoms with E-state index in [0.29, 0.717) is 13.0 Å². The topological polar surface area (TPSA) is 69.1 Å². The van der Waals surface area contributed by atoms with Crippen LogP contribution in [0.5, 0.6) is 0 Å². The molecule has 4 N–H and O–H groups in total. The monoisotopic (exact) mass is 144 g/mol. The second kappa shape index (κ2) is 5.38. The van der Waals surface area contributed by atoms with Crippen LogP contribution >= 0.6 is 0 Å². The van der Waals surface area contributed by atoms with E-state index in [1.54, 1.807) is 0 Å². The summed E-state index contributed by atoms with van der Waals surface area (Å²) in [5, 5.41) is 0. The Morgan fingerprint density at radius 2 is 2.20 bits per heavy atom. The van der Waals surface area contributed by atoms with Crippen molar-refractivity contribution in [1.29, 1.82) is 0 Å². The van der Waals surface area contributed by atoms with Crippen molar-refractivity contribution in [2.24, 2.45) is 11.5 Å². The number of ketones is 1. The second-order valence-corrected chi connectivity index (χ2v) is 2.36. The van der Waals surface area contributed by atoms with Crippen LogP contribution in [0.4, 0.5) is 0 Å². The van der Waals surface area contributed by atoms with Gasteiger partial charge >= 0.3 is 0 Å². The molecule has 0 aliphatic rings. The van der Waals surface area contributed by atoms with Gasteiger partial charge in [0.15, 0.2) is 0 Å². The highest BCUT2D eigenvalue weighted by Gasteiger charge is 2.08. The van der Waals surface area contributed by atoms with Gasteiger partial charge < -0.3 is 11.5 Å². The molecule has 0 spiro atoms. The minimum Gasteiger partial charge on any atom is -0.330 e. The predicted octanol–water partition coefficient (Wildman–Crippen LogP) is 0.0317. The van der Waals surface area contributed by atoms with E-state index in [0.717, 1.165) is 12.8 Å². The van der Waals surface area contributed by atoms with Gasteiger partial charge in [0, 0.05) is 6.42 Å². The van der Waals surface area contributed by atoms with E-state index in [9.17, 15) is 4.79 Å². The molecule has 0 unspecified atom stereocenters. The third kappa shape index (κ3) is 3.58. The highest BCUT2D eigenvalue weighted by atomic mass is 16.1. The van der Waals surface area contributed by atoms with Gasteiger partial charge in [0.25, 0.3) is 0 Å². The number of hydrogen-bond acceptors (Lipinski definition) is 3. The van der Waals surface area contributed by atoms with Crippen LogP contribution in [-0.2, 0) is 4.79 Å². The third-order valence-corrected chi connectivity index (χ3v) is 1.48. The first kappa shape index (κ1) is 9.59. The Morgan fingerprint density at radius 3 is 2.60 bits per heavy atom. The molecule has 0 bridgehead atoms. The second-order valence-electron chi connectivity index (χ2n) is 2.36. The van der Waals surface area contributed by atoms with Gasteiger partial charge in [-0.3, -0.25) is 4.79 Å². The molecule has 0 heterocycles. The van der Waals surface area contributed by atoms with Crippen molar-refractivity contribution in [3.05, 3.63) is 0 Å². The molecule has 0 amide bonds. The van der Waals surface area contributed by atoms with Crippen LogP contribution in [0.25, 0.3) is 0 Å². The Morgan fingerprint density at radius 1 is 1.60 bits per heavy atom. The van der Waals surface area contributed by atoms with Crippen molar-refractivity contribution in [2.75, 3.05) is 6.54 Å². The lowest BCUT2D eigenvalue weighted by molar-refractivity contribution is -0.120. The average Bonchev–Trinajstić information content (AvgIpc) is 1.98. The SMILES string of the molecule is CCC(=O)[C@H](N)CCCN. The summed E-state index contributed by atoms with van der Waals surface area (Å²) < 4.78 is 0. The Balaban J connectivity index is 3.41. The number of nitrogens with two attached hydrogens (primary N) is 2. The first-order valence-electron chi connectivity index (χ1n) is 3.70. The molecule has 3 heteroatoms. The van der Waals surface area contributed by atoms with E-state index in [2.05, 4.69) is 0 Å². The van der Waals surface area contributed by atoms with Gasteiger partial charge in [0.05, 0.1) is 6.04 Å². The molecule has 0 aromatic heterocycles. The van der Waals surface area contributed by atoms with E-state index >= 15 is 0 Å². The molecular formula is C7H16N2O. The maximum absolute atomic E-state index is 10.9. The molecule has 10 heavy (non-hydrogen) atoms. The van der Waals surface area contributed by atoms with Crippen molar-refractivity contribution in [1.82, 2.24) is 0 Å². The first-order valence-corrected chi connectivity index (χ1v) is 3.70. The smallest absolute Gasteiger partial charge is 0.149 e. The van der Waals surface area contributed by atoms with Gasteiger partial charge in [0.1, 0.15) is 5.78 Å². The van der Waals surface area contributed by atoms with E-state index < -0.39 is 0 Å². The van der Waals surface area contributed by atoms with Gasteiger partial charge in [-0.05, 0) is 19.4 Å². The lowest BCUT2D eigenvalue weighted by atomic mass is 10.1. The molecule has 0 radical (unpaired) electrons. The number of Topliss-reactive ketones (excluding diaryl/α,β-unsaturated/α-hetero) is 1. The zero-order valence-electron chi connectivity index (χ0n) is 6.47. The maximum atomic E-state index is 10.9. The van der Waals surface area contributed by atoms with E-state index in [-0.39, 0.29) is 11.8 Å². The van der Waals surface area contributed by atoms with Crippen LogP contribution in [0, 0.1) is 0 Å². The summed E-state index contributed by atoms with van der Waals surface area (Å²) in [6.07, 6.45) is 2.10. The number of rotatable bonds is 5. The fourth-order valence-corrected chi connectivity index (χ4v) is 0.761. The summed E-state index contributed by atoms with van der Waals surface area (Å²) in [5.41, 5.74) is 10.8. The van der Waals surface area contributed by atoms with Crippen LogP contribution in [0.2, 0.25) is 0 Å². The zero-order chi connectivity index (χ0) is 7.98. The molecule has 60 valence electrons. The summed E-state index contributed by atoms with van der Waals surface area (Å²) in [7, 11) is 0. The quantitative estimate of drug-likeness (QED) is 0.572. The van der Waals surface area contributed by atoms with Crippen LogP contribution in [-0.4, -0.2) is 18.4 Å². The van der Waals surface area contributed by atoms with Crippen molar-refractivity contribution in [3.63, 3.8) is 0 Å². The average molecular weight is 144 g/mol. The molecule has 3 nitrogen and oxygen atoms in total. The number of carbonyl (C=O) groups excluding carboxylic acids is 1. The largest absolute Gasteiger partial charge is 0.330 e. The summed E-state index contributed by atoms with van der Waals surface area (Å²) >= 11 is 0. The normalized spacial score (nSPS) is 13.1. The van der Waals surface area contributed by atoms with Crippen molar-refractivity contribution in [3.8, 4) is 0 Å². The van der Waals surface area contributed by atoms with E-state index in [1.807, 2.05) is 6.92 Å². The molecule has 0 aliphatic carbocycles. The van der Waals surface area contributed by atoms with Crippen LogP contribution in [0.15, 0.2) is 0 Å². The summed E-state index contributed by atoms with van der Waals surface area (Å²) in [5.74, 6) is 0.133. The fraction of sp³-hybridized carbons (Fsp3) is 0.857. The molecule has 0 saturated carbocycles.